The van der Waals surface area contributed by atoms with Crippen molar-refractivity contribution >= 4 is 83.3 Å². The molecule has 0 spiro atoms. The van der Waals surface area contributed by atoms with Crippen LogP contribution in [-0.2, 0) is 0 Å². The minimum atomic E-state index is -0.0334. The second-order valence-corrected chi connectivity index (χ2v) is 14.1. The molecule has 2 aliphatic heterocycles. The maximum absolute atomic E-state index is 6.68. The number of furan rings is 1. The van der Waals surface area contributed by atoms with Crippen molar-refractivity contribution in [3.05, 3.63) is 132 Å². The molecule has 5 heteroatoms. The molecule has 0 unspecified atom stereocenters. The Balaban J connectivity index is 1.30. The van der Waals surface area contributed by atoms with Gasteiger partial charge in [-0.1, -0.05) is 78.4 Å². The average Bonchev–Trinajstić information content (AvgIpc) is 3.76. The number of fused-ring (bicyclic) bond motifs is 14. The molecule has 0 bridgehead atoms. The predicted octanol–water partition coefficient (Wildman–Crippen LogP) is 9.73. The Morgan fingerprint density at radius 2 is 1.39 bits per heavy atom. The van der Waals surface area contributed by atoms with Gasteiger partial charge in [0.05, 0.1) is 22.2 Å². The van der Waals surface area contributed by atoms with Crippen molar-refractivity contribution in [2.45, 2.75) is 20.8 Å². The first-order valence-corrected chi connectivity index (χ1v) is 17.1. The van der Waals surface area contributed by atoms with Gasteiger partial charge >= 0.3 is 6.85 Å². The molecule has 6 heterocycles. The van der Waals surface area contributed by atoms with Crippen LogP contribution in [0.25, 0.3) is 93.6 Å². The van der Waals surface area contributed by atoms with E-state index in [-0.39, 0.29) is 6.85 Å². The molecule has 49 heavy (non-hydrogen) atoms. The molecule has 10 aromatic rings. The molecule has 0 radical (unpaired) electrons. The lowest BCUT2D eigenvalue weighted by atomic mass is 9.45. The molecule has 0 saturated heterocycles. The van der Waals surface area contributed by atoms with Crippen LogP contribution >= 0.6 is 0 Å². The van der Waals surface area contributed by atoms with Gasteiger partial charge < -0.3 is 13.5 Å². The van der Waals surface area contributed by atoms with Crippen LogP contribution in [0, 0.1) is 20.8 Å². The number of benzene rings is 6. The van der Waals surface area contributed by atoms with E-state index in [1.807, 2.05) is 6.20 Å². The van der Waals surface area contributed by atoms with Gasteiger partial charge in [0.2, 0.25) is 0 Å². The molecule has 0 saturated carbocycles. The first-order chi connectivity index (χ1) is 24.1. The third-order valence-corrected chi connectivity index (χ3v) is 11.4. The quantitative estimate of drug-likeness (QED) is 0.170. The van der Waals surface area contributed by atoms with Gasteiger partial charge in [0.15, 0.2) is 0 Å². The van der Waals surface area contributed by atoms with Gasteiger partial charge in [-0.05, 0) is 84.3 Å². The summed E-state index contributed by atoms with van der Waals surface area (Å²) in [6, 6.07) is 40.3. The van der Waals surface area contributed by atoms with Crippen molar-refractivity contribution in [2.24, 2.45) is 0 Å². The molecular formula is C44H28BN3O. The van der Waals surface area contributed by atoms with Crippen molar-refractivity contribution in [3.8, 4) is 28.1 Å². The van der Waals surface area contributed by atoms with Crippen LogP contribution in [0.3, 0.4) is 0 Å². The van der Waals surface area contributed by atoms with E-state index in [4.69, 9.17) is 9.40 Å². The molecule has 0 N–H and O–H groups in total. The van der Waals surface area contributed by atoms with Gasteiger partial charge in [0, 0.05) is 61.3 Å². The Bertz CT molecular complexity index is 3130. The lowest BCUT2D eigenvalue weighted by Gasteiger charge is -2.33. The van der Waals surface area contributed by atoms with Crippen molar-refractivity contribution in [1.82, 2.24) is 14.0 Å². The van der Waals surface area contributed by atoms with Crippen LogP contribution in [0.5, 0.6) is 0 Å². The van der Waals surface area contributed by atoms with E-state index in [9.17, 15) is 0 Å². The Hall–Kier alpha value is -6.07. The van der Waals surface area contributed by atoms with Crippen LogP contribution in [-0.4, -0.2) is 20.9 Å². The number of hydrogen-bond acceptors (Lipinski definition) is 2. The Morgan fingerprint density at radius 3 is 2.27 bits per heavy atom. The zero-order valence-electron chi connectivity index (χ0n) is 27.3. The Kier molecular flexibility index (Phi) is 4.60. The van der Waals surface area contributed by atoms with Crippen molar-refractivity contribution in [3.63, 3.8) is 0 Å². The topological polar surface area (TPSA) is 35.9 Å². The van der Waals surface area contributed by atoms with Gasteiger partial charge in [-0.15, -0.1) is 0 Å². The summed E-state index contributed by atoms with van der Waals surface area (Å²) in [7, 11) is 0. The molecule has 6 aromatic carbocycles. The fourth-order valence-electron chi connectivity index (χ4n) is 9.78. The van der Waals surface area contributed by atoms with E-state index in [0.29, 0.717) is 0 Å². The number of para-hydroxylation sites is 3. The maximum atomic E-state index is 6.68. The summed E-state index contributed by atoms with van der Waals surface area (Å²) in [6.07, 6.45) is 2.00. The van der Waals surface area contributed by atoms with Crippen LogP contribution in [0.2, 0.25) is 0 Å². The van der Waals surface area contributed by atoms with Gasteiger partial charge in [0.1, 0.15) is 11.2 Å². The molecule has 0 atom stereocenters. The van der Waals surface area contributed by atoms with Gasteiger partial charge in [0.25, 0.3) is 0 Å². The van der Waals surface area contributed by atoms with E-state index >= 15 is 0 Å². The van der Waals surface area contributed by atoms with Crippen LogP contribution in [0.15, 0.2) is 120 Å². The van der Waals surface area contributed by atoms with E-state index in [1.165, 1.54) is 93.6 Å². The predicted molar refractivity (Wildman–Crippen MR) is 204 cm³/mol. The second kappa shape index (κ2) is 8.69. The summed E-state index contributed by atoms with van der Waals surface area (Å²) in [5.41, 5.74) is 19.2. The number of aryl methyl sites for hydroxylation is 3. The third-order valence-electron chi connectivity index (χ3n) is 11.4. The number of hydrogen-bond donors (Lipinski definition) is 0. The number of aromatic nitrogens is 3. The summed E-state index contributed by atoms with van der Waals surface area (Å²) >= 11 is 0. The summed E-state index contributed by atoms with van der Waals surface area (Å²) in [6.45, 7) is 6.62. The summed E-state index contributed by atoms with van der Waals surface area (Å²) < 4.78 is 11.8. The third kappa shape index (κ3) is 3.02. The van der Waals surface area contributed by atoms with Crippen molar-refractivity contribution in [1.29, 1.82) is 0 Å². The Morgan fingerprint density at radius 1 is 0.612 bits per heavy atom. The molecule has 0 aliphatic carbocycles. The lowest BCUT2D eigenvalue weighted by Crippen LogP contribution is -2.55. The molecule has 12 rings (SSSR count). The first kappa shape index (κ1) is 26.0. The largest absolute Gasteiger partial charge is 0.456 e. The van der Waals surface area contributed by atoms with E-state index in [2.05, 4.69) is 139 Å². The van der Waals surface area contributed by atoms with E-state index < -0.39 is 0 Å². The summed E-state index contributed by atoms with van der Waals surface area (Å²) in [5, 5.41) is 7.32. The fourth-order valence-corrected chi connectivity index (χ4v) is 9.78. The standard InChI is InChI=1S/C44H28BN3O/c1-23-19-24(2)38(25(3)20-23)26-15-16-34-31(21-26)29-17-18-46-42-40-39-30-10-5-7-14-36(30)49-37(39)22-35-41(40)45(48(34)44(29)42)32-12-8-11-28-27-9-4-6-13-33(27)47(35)43(28)32/h4-22H,1-3H3. The monoisotopic (exact) mass is 625 g/mol. The number of pyridine rings is 1. The molecule has 228 valence electrons. The van der Waals surface area contributed by atoms with Gasteiger partial charge in [-0.2, -0.15) is 0 Å². The average molecular weight is 626 g/mol. The van der Waals surface area contributed by atoms with Crippen LogP contribution in [0.1, 0.15) is 16.7 Å². The highest BCUT2D eigenvalue weighted by Crippen LogP contribution is 2.47. The Labute approximate surface area is 281 Å². The van der Waals surface area contributed by atoms with Crippen molar-refractivity contribution in [2.75, 3.05) is 0 Å². The highest BCUT2D eigenvalue weighted by atomic mass is 16.3. The molecular weight excluding hydrogens is 597 g/mol. The number of rotatable bonds is 1. The van der Waals surface area contributed by atoms with Crippen LogP contribution in [0.4, 0.5) is 0 Å². The lowest BCUT2D eigenvalue weighted by molar-refractivity contribution is 0.669. The zero-order chi connectivity index (χ0) is 32.3. The van der Waals surface area contributed by atoms with Gasteiger partial charge in [-0.25, -0.2) is 0 Å². The summed E-state index contributed by atoms with van der Waals surface area (Å²) in [5.74, 6) is 0. The molecule has 4 aromatic heterocycles. The fraction of sp³-hybridized carbons (Fsp3) is 0.0682. The zero-order valence-corrected chi connectivity index (χ0v) is 27.3. The van der Waals surface area contributed by atoms with Crippen LogP contribution < -0.4 is 10.9 Å². The highest BCUT2D eigenvalue weighted by molar-refractivity contribution is 6.90. The van der Waals surface area contributed by atoms with Crippen molar-refractivity contribution < 1.29 is 4.42 Å². The van der Waals surface area contributed by atoms with Gasteiger partial charge in [-0.3, -0.25) is 4.98 Å². The molecule has 2 aliphatic rings. The first-order valence-electron chi connectivity index (χ1n) is 17.1. The molecule has 0 fully saturated rings. The molecule has 0 amide bonds. The van der Waals surface area contributed by atoms with E-state index in [1.54, 1.807) is 0 Å². The maximum Gasteiger partial charge on any atom is 0.333 e. The minimum absolute atomic E-state index is 0.0334. The summed E-state index contributed by atoms with van der Waals surface area (Å²) in [4.78, 5) is 5.25. The minimum Gasteiger partial charge on any atom is -0.456 e. The molecule has 4 nitrogen and oxygen atoms in total. The SMILES string of the molecule is Cc1cc(C)c(-c2ccc3c(c2)c2ccnc4c2n3B2c3c(cc5oc6ccccc6c5c3-4)-n3c4ccccc4c4cccc2c43)c(C)c1. The normalized spacial score (nSPS) is 13.2. The van der Waals surface area contributed by atoms with E-state index in [0.717, 1.165) is 27.6 Å². The number of nitrogens with zero attached hydrogens (tertiary/aromatic N) is 3. The highest BCUT2D eigenvalue weighted by Gasteiger charge is 2.43. The smallest absolute Gasteiger partial charge is 0.333 e. The second-order valence-electron chi connectivity index (χ2n) is 14.1.